The summed E-state index contributed by atoms with van der Waals surface area (Å²) in [7, 11) is 0. The second kappa shape index (κ2) is 17.6. The number of aliphatic hydroxyl groups excluding tert-OH is 3. The molecule has 1 heterocycles. The average Bonchev–Trinajstić information content (AvgIpc) is 2.97. The second-order valence-electron chi connectivity index (χ2n) is 11.9. The first-order valence-corrected chi connectivity index (χ1v) is 15.1. The number of Topliss-reactive ketones (excluding diaryl/α,β-unsaturated/α-hetero) is 1. The van der Waals surface area contributed by atoms with Gasteiger partial charge in [-0.25, -0.2) is 4.79 Å². The van der Waals surface area contributed by atoms with Crippen LogP contribution in [-0.2, 0) is 19.1 Å². The SMILES string of the molecule is C=CCCC1=C2C[C@@H](C)C[C@H](CO)[C@H](O)[C@@H](C)/C=C(\C)[C@H](OC(N)=O)CC(CO)/C=C\C=C(/C)C(=O)NCC(=CC1=O)C2=O. The molecule has 0 spiro atoms. The predicted molar refractivity (Wildman–Crippen MR) is 168 cm³/mol. The average molecular weight is 613 g/mol. The molecule has 2 bridgehead atoms. The highest BCUT2D eigenvalue weighted by atomic mass is 16.6. The zero-order valence-electron chi connectivity index (χ0n) is 26.3. The number of primary amides is 1. The Kier molecular flexibility index (Phi) is 14.7. The van der Waals surface area contributed by atoms with E-state index in [1.54, 1.807) is 51.2 Å². The molecule has 0 fully saturated rings. The lowest BCUT2D eigenvalue weighted by atomic mass is 9.79. The van der Waals surface area contributed by atoms with Gasteiger partial charge in [0.25, 0.3) is 0 Å². The predicted octanol–water partition coefficient (Wildman–Crippen LogP) is 3.39. The van der Waals surface area contributed by atoms with Crippen molar-refractivity contribution in [2.45, 2.75) is 72.0 Å². The van der Waals surface area contributed by atoms with E-state index in [-0.39, 0.29) is 55.7 Å². The molecule has 2 aliphatic rings. The number of rotatable bonds is 6. The molecule has 0 saturated carbocycles. The van der Waals surface area contributed by atoms with Crippen molar-refractivity contribution in [3.63, 3.8) is 0 Å². The molecular formula is C34H48N2O8. The van der Waals surface area contributed by atoms with Crippen molar-refractivity contribution in [1.82, 2.24) is 5.32 Å². The van der Waals surface area contributed by atoms with E-state index in [1.165, 1.54) is 6.08 Å². The maximum absolute atomic E-state index is 13.6. The topological polar surface area (TPSA) is 176 Å². The molecule has 6 atom stereocenters. The molecule has 0 saturated heterocycles. The lowest BCUT2D eigenvalue weighted by molar-refractivity contribution is -0.118. The van der Waals surface area contributed by atoms with Crippen molar-refractivity contribution < 1.29 is 39.2 Å². The first-order chi connectivity index (χ1) is 20.8. The summed E-state index contributed by atoms with van der Waals surface area (Å²) < 4.78 is 5.35. The van der Waals surface area contributed by atoms with Gasteiger partial charge < -0.3 is 31.1 Å². The highest BCUT2D eigenvalue weighted by Gasteiger charge is 2.32. The van der Waals surface area contributed by atoms with E-state index >= 15 is 0 Å². The summed E-state index contributed by atoms with van der Waals surface area (Å²) in [5, 5.41) is 34.2. The van der Waals surface area contributed by atoms with Gasteiger partial charge in [0.2, 0.25) is 5.91 Å². The van der Waals surface area contributed by atoms with Crippen molar-refractivity contribution in [3.8, 4) is 0 Å². The number of carbonyl (C=O) groups excluding carboxylic acids is 4. The number of fused-ring (bicyclic) bond motifs is 2. The van der Waals surface area contributed by atoms with Crippen molar-refractivity contribution in [3.05, 3.63) is 70.9 Å². The van der Waals surface area contributed by atoms with Crippen LogP contribution in [0.2, 0.25) is 0 Å². The third-order valence-corrected chi connectivity index (χ3v) is 8.22. The molecule has 10 heteroatoms. The van der Waals surface area contributed by atoms with Gasteiger partial charge in [0.05, 0.1) is 6.10 Å². The molecule has 242 valence electrons. The Morgan fingerprint density at radius 2 is 1.86 bits per heavy atom. The van der Waals surface area contributed by atoms with Gasteiger partial charge in [-0.3, -0.25) is 14.4 Å². The van der Waals surface area contributed by atoms with Crippen LogP contribution < -0.4 is 11.1 Å². The normalized spacial score (nSPS) is 31.3. The molecule has 44 heavy (non-hydrogen) atoms. The maximum Gasteiger partial charge on any atom is 0.405 e. The van der Waals surface area contributed by atoms with Crippen molar-refractivity contribution in [1.29, 1.82) is 0 Å². The van der Waals surface area contributed by atoms with E-state index in [9.17, 15) is 34.5 Å². The van der Waals surface area contributed by atoms with E-state index in [2.05, 4.69) is 11.9 Å². The highest BCUT2D eigenvalue weighted by molar-refractivity contribution is 6.23. The Morgan fingerprint density at radius 3 is 2.48 bits per heavy atom. The van der Waals surface area contributed by atoms with Gasteiger partial charge in [-0.05, 0) is 63.5 Å². The van der Waals surface area contributed by atoms with Crippen LogP contribution >= 0.6 is 0 Å². The van der Waals surface area contributed by atoms with E-state index in [4.69, 9.17) is 10.5 Å². The Morgan fingerprint density at radius 1 is 1.16 bits per heavy atom. The molecule has 1 aliphatic carbocycles. The van der Waals surface area contributed by atoms with Crippen LogP contribution in [0.4, 0.5) is 4.79 Å². The molecule has 0 aromatic heterocycles. The number of ketones is 2. The summed E-state index contributed by atoms with van der Waals surface area (Å²) in [6, 6.07) is 0. The summed E-state index contributed by atoms with van der Waals surface area (Å²) in [4.78, 5) is 51.2. The maximum atomic E-state index is 13.6. The summed E-state index contributed by atoms with van der Waals surface area (Å²) in [5.74, 6) is -2.64. The molecular weight excluding hydrogens is 564 g/mol. The quantitative estimate of drug-likeness (QED) is 0.224. The van der Waals surface area contributed by atoms with E-state index < -0.39 is 42.0 Å². The molecule has 1 aliphatic heterocycles. The van der Waals surface area contributed by atoms with E-state index in [0.29, 0.717) is 41.6 Å². The standard InChI is InChI=1S/C34H48N2O8/c1-6-7-11-27-28-13-20(2)12-26(19-38)31(40)23(5)14-22(4)30(44-34(35)43)15-24(18-37)10-8-9-21(3)33(42)36-17-25(32(28)41)16-29(27)39/h6,8-10,14,16,20,23-24,26,30-31,37-38,40H,1,7,11-13,15,17-19H2,2-5H3,(H2,35,43)(H,36,42)/b10-8-,21-9+,22-14+/t20-,23-,24?,26+,30+,31+/m0/s1. The largest absolute Gasteiger partial charge is 0.442 e. The number of hydrogen-bond acceptors (Lipinski definition) is 8. The molecule has 0 radical (unpaired) electrons. The van der Waals surface area contributed by atoms with Gasteiger partial charge in [0.1, 0.15) is 6.10 Å². The number of aliphatic hydroxyl groups is 3. The Balaban J connectivity index is 2.55. The molecule has 0 aromatic rings. The van der Waals surface area contributed by atoms with E-state index in [1.807, 2.05) is 6.92 Å². The molecule has 2 amide bonds. The third-order valence-electron chi connectivity index (χ3n) is 8.22. The van der Waals surface area contributed by atoms with Gasteiger partial charge in [-0.15, -0.1) is 6.58 Å². The number of allylic oxidation sites excluding steroid dienone is 6. The van der Waals surface area contributed by atoms with Gasteiger partial charge in [0, 0.05) is 59.8 Å². The van der Waals surface area contributed by atoms with Crippen LogP contribution in [0.25, 0.3) is 0 Å². The number of carbonyl (C=O) groups is 4. The van der Waals surface area contributed by atoms with Crippen LogP contribution in [0.5, 0.6) is 0 Å². The molecule has 0 aromatic carbocycles. The van der Waals surface area contributed by atoms with Crippen molar-refractivity contribution in [2.75, 3.05) is 19.8 Å². The van der Waals surface area contributed by atoms with Crippen LogP contribution in [0.15, 0.2) is 70.9 Å². The van der Waals surface area contributed by atoms with Gasteiger partial charge >= 0.3 is 6.09 Å². The van der Waals surface area contributed by atoms with E-state index in [0.717, 1.165) is 0 Å². The Hall–Kier alpha value is -3.60. The smallest absolute Gasteiger partial charge is 0.405 e. The minimum absolute atomic E-state index is 0.128. The Bertz CT molecular complexity index is 1240. The van der Waals surface area contributed by atoms with Crippen molar-refractivity contribution >= 4 is 23.6 Å². The van der Waals surface area contributed by atoms with Crippen LogP contribution in [-0.4, -0.2) is 70.9 Å². The number of nitrogens with two attached hydrogens (primary N) is 1. The molecule has 6 N–H and O–H groups in total. The minimum atomic E-state index is -0.980. The number of nitrogens with one attached hydrogen (secondary N) is 1. The number of hydrogen-bond donors (Lipinski definition) is 5. The fourth-order valence-corrected chi connectivity index (χ4v) is 5.68. The fourth-order valence-electron chi connectivity index (χ4n) is 5.68. The number of amides is 2. The lowest BCUT2D eigenvalue weighted by Gasteiger charge is -2.29. The second-order valence-corrected chi connectivity index (χ2v) is 11.9. The molecule has 2 rings (SSSR count). The van der Waals surface area contributed by atoms with Crippen LogP contribution in [0, 0.1) is 23.7 Å². The Labute approximate surface area is 260 Å². The van der Waals surface area contributed by atoms with Gasteiger partial charge in [0.15, 0.2) is 11.6 Å². The summed E-state index contributed by atoms with van der Waals surface area (Å²) in [6.45, 7) is 10.1. The minimum Gasteiger partial charge on any atom is -0.442 e. The lowest BCUT2D eigenvalue weighted by Crippen LogP contribution is -2.33. The highest BCUT2D eigenvalue weighted by Crippen LogP contribution is 2.32. The fraction of sp³-hybridized carbons (Fsp3) is 0.529. The summed E-state index contributed by atoms with van der Waals surface area (Å²) in [6.07, 6.45) is 8.56. The third kappa shape index (κ3) is 10.5. The van der Waals surface area contributed by atoms with Gasteiger partial charge in [-0.1, -0.05) is 44.2 Å². The van der Waals surface area contributed by atoms with Crippen LogP contribution in [0.3, 0.4) is 0 Å². The first-order valence-electron chi connectivity index (χ1n) is 15.1. The van der Waals surface area contributed by atoms with Gasteiger partial charge in [-0.2, -0.15) is 0 Å². The van der Waals surface area contributed by atoms with Crippen LogP contribution in [0.1, 0.15) is 59.8 Å². The zero-order valence-corrected chi connectivity index (χ0v) is 26.3. The number of ether oxygens (including phenoxy) is 1. The molecule has 1 unspecified atom stereocenters. The summed E-state index contributed by atoms with van der Waals surface area (Å²) >= 11 is 0. The first kappa shape index (κ1) is 36.6. The zero-order chi connectivity index (χ0) is 33.0. The van der Waals surface area contributed by atoms with Crippen molar-refractivity contribution in [2.24, 2.45) is 29.4 Å². The monoisotopic (exact) mass is 612 g/mol. The summed E-state index contributed by atoms with van der Waals surface area (Å²) in [5.41, 5.74) is 7.28. The molecule has 10 nitrogen and oxygen atoms in total.